The molecule has 1 aliphatic rings. The molecule has 8 heteroatoms. The van der Waals surface area contributed by atoms with Gasteiger partial charge in [0.2, 0.25) is 0 Å². The zero-order chi connectivity index (χ0) is 20.2. The van der Waals surface area contributed by atoms with Crippen LogP contribution >= 0.6 is 11.6 Å². The van der Waals surface area contributed by atoms with Crippen molar-refractivity contribution < 1.29 is 19.4 Å². The molecule has 2 aromatic carbocycles. The van der Waals surface area contributed by atoms with Gasteiger partial charge in [-0.2, -0.15) is 0 Å². The number of rotatable bonds is 6. The first-order chi connectivity index (χ1) is 14.1. The van der Waals surface area contributed by atoms with E-state index in [0.717, 1.165) is 18.4 Å². The van der Waals surface area contributed by atoms with Gasteiger partial charge < -0.3 is 19.5 Å². The first-order valence-electron chi connectivity index (χ1n) is 9.35. The normalized spacial score (nSPS) is 16.2. The number of aromatic nitrogens is 2. The molecule has 4 rings (SSSR count). The van der Waals surface area contributed by atoms with Gasteiger partial charge in [-0.25, -0.2) is 14.8 Å². The predicted octanol–water partition coefficient (Wildman–Crippen LogP) is 4.38. The van der Waals surface area contributed by atoms with Gasteiger partial charge in [0.15, 0.2) is 0 Å². The standard InChI is InChI=1S/C21H20ClN3O4/c22-20-19-17(23-13-24-20)9-16(28-11-14-5-2-1-3-6-14)10-18(19)29-12-15-7-4-8-25(15)21(26)27/h1-3,5-6,9-10,13,15H,4,7-8,11-12H2,(H,26,27)/t15-/m1/s1. The highest BCUT2D eigenvalue weighted by atomic mass is 35.5. The Morgan fingerprint density at radius 1 is 1.21 bits per heavy atom. The maximum atomic E-state index is 11.4. The van der Waals surface area contributed by atoms with E-state index in [1.165, 1.54) is 11.2 Å². The summed E-state index contributed by atoms with van der Waals surface area (Å²) in [6.45, 7) is 1.16. The van der Waals surface area contributed by atoms with Gasteiger partial charge in [-0.05, 0) is 18.4 Å². The number of carboxylic acid groups (broad SMARTS) is 1. The van der Waals surface area contributed by atoms with Crippen LogP contribution in [0.3, 0.4) is 0 Å². The molecule has 1 amide bonds. The predicted molar refractivity (Wildman–Crippen MR) is 109 cm³/mol. The molecule has 0 bridgehead atoms. The summed E-state index contributed by atoms with van der Waals surface area (Å²) in [4.78, 5) is 21.1. The molecule has 0 saturated carbocycles. The maximum Gasteiger partial charge on any atom is 0.407 e. The first kappa shape index (κ1) is 19.3. The summed E-state index contributed by atoms with van der Waals surface area (Å²) in [6.07, 6.45) is 2.05. The quantitative estimate of drug-likeness (QED) is 0.603. The highest BCUT2D eigenvalue weighted by Gasteiger charge is 2.29. The molecule has 1 aromatic heterocycles. The highest BCUT2D eigenvalue weighted by Crippen LogP contribution is 2.35. The molecule has 0 aliphatic carbocycles. The number of carbonyl (C=O) groups is 1. The number of likely N-dealkylation sites (tertiary alicyclic amines) is 1. The van der Waals surface area contributed by atoms with Gasteiger partial charge in [0.05, 0.1) is 16.9 Å². The Hall–Kier alpha value is -3.06. The smallest absolute Gasteiger partial charge is 0.407 e. The lowest BCUT2D eigenvalue weighted by atomic mass is 10.2. The molecule has 1 saturated heterocycles. The topological polar surface area (TPSA) is 84.8 Å². The number of fused-ring (bicyclic) bond motifs is 1. The van der Waals surface area contributed by atoms with Crippen LogP contribution in [0.2, 0.25) is 5.15 Å². The van der Waals surface area contributed by atoms with Gasteiger partial charge >= 0.3 is 6.09 Å². The fourth-order valence-electron chi connectivity index (χ4n) is 3.48. The van der Waals surface area contributed by atoms with Crippen LogP contribution in [0.15, 0.2) is 48.8 Å². The van der Waals surface area contributed by atoms with Crippen LogP contribution in [0.4, 0.5) is 4.79 Å². The zero-order valence-corrected chi connectivity index (χ0v) is 16.4. The third-order valence-corrected chi connectivity index (χ3v) is 5.22. The third-order valence-electron chi connectivity index (χ3n) is 4.93. The van der Waals surface area contributed by atoms with Crippen molar-refractivity contribution in [1.82, 2.24) is 14.9 Å². The second kappa shape index (κ2) is 8.53. The van der Waals surface area contributed by atoms with E-state index < -0.39 is 6.09 Å². The van der Waals surface area contributed by atoms with E-state index in [1.807, 2.05) is 30.3 Å². The summed E-state index contributed by atoms with van der Waals surface area (Å²) >= 11 is 6.29. The minimum Gasteiger partial charge on any atom is -0.490 e. The zero-order valence-electron chi connectivity index (χ0n) is 15.6. The van der Waals surface area contributed by atoms with Crippen molar-refractivity contribution in [2.75, 3.05) is 13.2 Å². The summed E-state index contributed by atoms with van der Waals surface area (Å²) in [5.41, 5.74) is 1.64. The van der Waals surface area contributed by atoms with Crippen molar-refractivity contribution in [2.24, 2.45) is 0 Å². The molecule has 1 atom stereocenters. The van der Waals surface area contributed by atoms with Crippen molar-refractivity contribution in [3.8, 4) is 11.5 Å². The van der Waals surface area contributed by atoms with Crippen LogP contribution in [-0.4, -0.2) is 45.3 Å². The van der Waals surface area contributed by atoms with Gasteiger partial charge in [-0.3, -0.25) is 0 Å². The Bertz CT molecular complexity index is 1020. The average molecular weight is 414 g/mol. The molecule has 150 valence electrons. The van der Waals surface area contributed by atoms with Crippen LogP contribution in [0, 0.1) is 0 Å². The molecular formula is C21H20ClN3O4. The Morgan fingerprint density at radius 3 is 2.83 bits per heavy atom. The lowest BCUT2D eigenvalue weighted by Crippen LogP contribution is -2.38. The second-order valence-electron chi connectivity index (χ2n) is 6.84. The van der Waals surface area contributed by atoms with Crippen molar-refractivity contribution in [3.05, 3.63) is 59.5 Å². The van der Waals surface area contributed by atoms with Crippen LogP contribution in [0.25, 0.3) is 10.9 Å². The summed E-state index contributed by atoms with van der Waals surface area (Å²) in [6, 6.07) is 13.2. The fraction of sp³-hybridized carbons (Fsp3) is 0.286. The van der Waals surface area contributed by atoms with E-state index in [9.17, 15) is 9.90 Å². The Kier molecular flexibility index (Phi) is 5.67. The largest absolute Gasteiger partial charge is 0.490 e. The van der Waals surface area contributed by atoms with Crippen LogP contribution in [-0.2, 0) is 6.61 Å². The van der Waals surface area contributed by atoms with Crippen molar-refractivity contribution in [1.29, 1.82) is 0 Å². The van der Waals surface area contributed by atoms with Crippen molar-refractivity contribution in [3.63, 3.8) is 0 Å². The summed E-state index contributed by atoms with van der Waals surface area (Å²) in [7, 11) is 0. The number of benzene rings is 2. The molecule has 1 aliphatic heterocycles. The minimum atomic E-state index is -0.928. The van der Waals surface area contributed by atoms with E-state index in [0.29, 0.717) is 35.6 Å². The number of nitrogens with zero attached hydrogens (tertiary/aromatic N) is 3. The molecule has 3 aromatic rings. The van der Waals surface area contributed by atoms with Crippen LogP contribution in [0.5, 0.6) is 11.5 Å². The van der Waals surface area contributed by atoms with Crippen LogP contribution in [0.1, 0.15) is 18.4 Å². The average Bonchev–Trinajstić information content (AvgIpc) is 3.20. The number of ether oxygens (including phenoxy) is 2. The van der Waals surface area contributed by atoms with Gasteiger partial charge in [-0.15, -0.1) is 0 Å². The van der Waals surface area contributed by atoms with E-state index in [-0.39, 0.29) is 17.8 Å². The summed E-state index contributed by atoms with van der Waals surface area (Å²) in [5.74, 6) is 1.07. The van der Waals surface area contributed by atoms with E-state index in [2.05, 4.69) is 9.97 Å². The van der Waals surface area contributed by atoms with E-state index in [1.54, 1.807) is 12.1 Å². The monoisotopic (exact) mass is 413 g/mol. The molecule has 0 radical (unpaired) electrons. The van der Waals surface area contributed by atoms with Crippen molar-refractivity contribution >= 4 is 28.6 Å². The summed E-state index contributed by atoms with van der Waals surface area (Å²) in [5, 5.41) is 10.2. The number of amides is 1. The van der Waals surface area contributed by atoms with E-state index in [4.69, 9.17) is 21.1 Å². The minimum absolute atomic E-state index is 0.195. The lowest BCUT2D eigenvalue weighted by Gasteiger charge is -2.22. The number of hydrogen-bond donors (Lipinski definition) is 1. The van der Waals surface area contributed by atoms with E-state index >= 15 is 0 Å². The number of halogens is 1. The molecule has 0 spiro atoms. The molecule has 1 fully saturated rings. The maximum absolute atomic E-state index is 11.4. The number of hydrogen-bond acceptors (Lipinski definition) is 5. The molecule has 0 unspecified atom stereocenters. The lowest BCUT2D eigenvalue weighted by molar-refractivity contribution is 0.123. The molecule has 7 nitrogen and oxygen atoms in total. The Morgan fingerprint density at radius 2 is 2.03 bits per heavy atom. The van der Waals surface area contributed by atoms with Gasteiger partial charge in [-0.1, -0.05) is 41.9 Å². The highest BCUT2D eigenvalue weighted by molar-refractivity contribution is 6.34. The molecule has 1 N–H and O–H groups in total. The molecule has 2 heterocycles. The second-order valence-corrected chi connectivity index (χ2v) is 7.20. The molecule has 29 heavy (non-hydrogen) atoms. The summed E-state index contributed by atoms with van der Waals surface area (Å²) < 4.78 is 11.9. The Labute approximate surface area is 172 Å². The fourth-order valence-corrected chi connectivity index (χ4v) is 3.71. The Balaban J connectivity index is 1.58. The molecular weight excluding hydrogens is 394 g/mol. The van der Waals surface area contributed by atoms with Crippen LogP contribution < -0.4 is 9.47 Å². The van der Waals surface area contributed by atoms with Gasteiger partial charge in [0.25, 0.3) is 0 Å². The van der Waals surface area contributed by atoms with Crippen molar-refractivity contribution in [2.45, 2.75) is 25.5 Å². The first-order valence-corrected chi connectivity index (χ1v) is 9.73. The SMILES string of the molecule is O=C(O)N1CCC[C@@H]1COc1cc(OCc2ccccc2)cc2ncnc(Cl)c12. The van der Waals surface area contributed by atoms with Gasteiger partial charge in [0.1, 0.15) is 36.2 Å². The third kappa shape index (κ3) is 4.35. The van der Waals surface area contributed by atoms with Gasteiger partial charge in [0, 0.05) is 18.7 Å².